The van der Waals surface area contributed by atoms with Gasteiger partial charge in [-0.1, -0.05) is 36.4 Å². The van der Waals surface area contributed by atoms with Gasteiger partial charge in [-0.3, -0.25) is 4.79 Å². The lowest BCUT2D eigenvalue weighted by Gasteiger charge is -2.19. The maximum absolute atomic E-state index is 12.6. The smallest absolute Gasteiger partial charge is 0.255 e. The van der Waals surface area contributed by atoms with E-state index in [9.17, 15) is 4.79 Å². The summed E-state index contributed by atoms with van der Waals surface area (Å²) < 4.78 is 5.69. The SMILES string of the molecule is CC(C)Oc1cccc(NC(=O)c2ccc(CN3CCc4ccccc43)cc2)c1. The molecule has 1 N–H and O–H groups in total. The number of fused-ring (bicyclic) bond motifs is 1. The lowest BCUT2D eigenvalue weighted by atomic mass is 10.1. The van der Waals surface area contributed by atoms with Crippen LogP contribution in [0.15, 0.2) is 72.8 Å². The van der Waals surface area contributed by atoms with Crippen LogP contribution in [0.2, 0.25) is 0 Å². The van der Waals surface area contributed by atoms with E-state index < -0.39 is 0 Å². The normalized spacial score (nSPS) is 12.7. The van der Waals surface area contributed by atoms with E-state index in [0.717, 1.165) is 30.9 Å². The van der Waals surface area contributed by atoms with Crippen LogP contribution >= 0.6 is 0 Å². The van der Waals surface area contributed by atoms with Gasteiger partial charge in [0.15, 0.2) is 0 Å². The number of ether oxygens (including phenoxy) is 1. The molecule has 0 radical (unpaired) electrons. The van der Waals surface area contributed by atoms with E-state index in [1.165, 1.54) is 16.8 Å². The van der Waals surface area contributed by atoms with Gasteiger partial charge in [0.1, 0.15) is 5.75 Å². The average molecular weight is 386 g/mol. The number of amides is 1. The highest BCUT2D eigenvalue weighted by molar-refractivity contribution is 6.04. The molecule has 1 amide bonds. The van der Waals surface area contributed by atoms with Crippen LogP contribution in [-0.4, -0.2) is 18.6 Å². The first-order chi connectivity index (χ1) is 14.1. The molecule has 0 unspecified atom stereocenters. The molecule has 0 spiro atoms. The monoisotopic (exact) mass is 386 g/mol. The van der Waals surface area contributed by atoms with Gasteiger partial charge in [0.05, 0.1) is 6.10 Å². The number of hydrogen-bond acceptors (Lipinski definition) is 3. The number of carbonyl (C=O) groups is 1. The van der Waals surface area contributed by atoms with Crippen molar-refractivity contribution in [3.05, 3.63) is 89.5 Å². The summed E-state index contributed by atoms with van der Waals surface area (Å²) in [6.45, 7) is 5.85. The molecule has 1 aliphatic heterocycles. The van der Waals surface area contributed by atoms with Crippen LogP contribution in [-0.2, 0) is 13.0 Å². The third-order valence-electron chi connectivity index (χ3n) is 5.04. The summed E-state index contributed by atoms with van der Waals surface area (Å²) in [5.41, 5.74) is 5.30. The van der Waals surface area contributed by atoms with E-state index >= 15 is 0 Å². The second-order valence-corrected chi connectivity index (χ2v) is 7.65. The lowest BCUT2D eigenvalue weighted by Crippen LogP contribution is -2.19. The van der Waals surface area contributed by atoms with Gasteiger partial charge in [0.25, 0.3) is 5.91 Å². The van der Waals surface area contributed by atoms with Gasteiger partial charge in [0, 0.05) is 36.1 Å². The second kappa shape index (κ2) is 8.39. The lowest BCUT2D eigenvalue weighted by molar-refractivity contribution is 0.102. The fourth-order valence-corrected chi connectivity index (χ4v) is 3.68. The highest BCUT2D eigenvalue weighted by atomic mass is 16.5. The first-order valence-corrected chi connectivity index (χ1v) is 10.1. The zero-order valence-electron chi connectivity index (χ0n) is 16.9. The summed E-state index contributed by atoms with van der Waals surface area (Å²) in [4.78, 5) is 15.0. The molecule has 3 aromatic carbocycles. The number of hydrogen-bond donors (Lipinski definition) is 1. The summed E-state index contributed by atoms with van der Waals surface area (Å²) in [7, 11) is 0. The predicted octanol–water partition coefficient (Wildman–Crippen LogP) is 5.29. The zero-order chi connectivity index (χ0) is 20.2. The Hall–Kier alpha value is -3.27. The van der Waals surface area contributed by atoms with Crippen LogP contribution < -0.4 is 15.0 Å². The molecule has 0 saturated heterocycles. The summed E-state index contributed by atoms with van der Waals surface area (Å²) in [6, 6.07) is 23.9. The Morgan fingerprint density at radius 1 is 1.03 bits per heavy atom. The summed E-state index contributed by atoms with van der Waals surface area (Å²) in [5.74, 6) is 0.629. The molecule has 4 rings (SSSR count). The van der Waals surface area contributed by atoms with E-state index in [2.05, 4.69) is 34.5 Å². The first-order valence-electron chi connectivity index (χ1n) is 10.1. The molecular weight excluding hydrogens is 360 g/mol. The highest BCUT2D eigenvalue weighted by Crippen LogP contribution is 2.28. The topological polar surface area (TPSA) is 41.6 Å². The Morgan fingerprint density at radius 3 is 2.62 bits per heavy atom. The number of rotatable bonds is 6. The molecule has 0 bridgehead atoms. The van der Waals surface area contributed by atoms with Crippen molar-refractivity contribution in [1.29, 1.82) is 0 Å². The molecule has 0 atom stereocenters. The summed E-state index contributed by atoms with van der Waals surface area (Å²) >= 11 is 0. The van der Waals surface area contributed by atoms with E-state index in [1.807, 2.05) is 62.4 Å². The van der Waals surface area contributed by atoms with Gasteiger partial charge in [-0.2, -0.15) is 0 Å². The fraction of sp³-hybridized carbons (Fsp3) is 0.240. The molecule has 0 saturated carbocycles. The Bertz CT molecular complexity index is 996. The number of anilines is 2. The van der Waals surface area contributed by atoms with Crippen molar-refractivity contribution >= 4 is 17.3 Å². The van der Waals surface area contributed by atoms with Crippen molar-refractivity contribution in [2.45, 2.75) is 32.9 Å². The Kier molecular flexibility index (Phi) is 5.52. The Morgan fingerprint density at radius 2 is 1.83 bits per heavy atom. The molecule has 1 aliphatic rings. The number of carbonyl (C=O) groups excluding carboxylic acids is 1. The molecule has 4 heteroatoms. The largest absolute Gasteiger partial charge is 0.491 e. The van der Waals surface area contributed by atoms with E-state index in [1.54, 1.807) is 0 Å². The summed E-state index contributed by atoms with van der Waals surface area (Å²) in [5, 5.41) is 2.95. The van der Waals surface area contributed by atoms with Crippen molar-refractivity contribution in [2.75, 3.05) is 16.8 Å². The third-order valence-corrected chi connectivity index (χ3v) is 5.04. The molecule has 3 aromatic rings. The maximum Gasteiger partial charge on any atom is 0.255 e. The fourth-order valence-electron chi connectivity index (χ4n) is 3.68. The second-order valence-electron chi connectivity index (χ2n) is 7.65. The molecule has 148 valence electrons. The van der Waals surface area contributed by atoms with Gasteiger partial charge in [0.2, 0.25) is 0 Å². The number of nitrogens with one attached hydrogen (secondary N) is 1. The number of benzene rings is 3. The average Bonchev–Trinajstić information content (AvgIpc) is 3.11. The first kappa shape index (κ1) is 19.1. The standard InChI is InChI=1S/C25H26N2O2/c1-18(2)29-23-8-5-7-22(16-23)26-25(28)21-12-10-19(11-13-21)17-27-15-14-20-6-3-4-9-24(20)27/h3-13,16,18H,14-15,17H2,1-2H3,(H,26,28). The number of nitrogens with zero attached hydrogens (tertiary/aromatic N) is 1. The van der Waals surface area contributed by atoms with Gasteiger partial charge < -0.3 is 15.0 Å². The zero-order valence-corrected chi connectivity index (χ0v) is 16.9. The molecular formula is C25H26N2O2. The van der Waals surface area contributed by atoms with Crippen LogP contribution in [0, 0.1) is 0 Å². The number of para-hydroxylation sites is 1. The van der Waals surface area contributed by atoms with Crippen molar-refractivity contribution < 1.29 is 9.53 Å². The Labute approximate surface area is 172 Å². The van der Waals surface area contributed by atoms with Crippen molar-refractivity contribution in [1.82, 2.24) is 0 Å². The predicted molar refractivity (Wildman–Crippen MR) is 118 cm³/mol. The Balaban J connectivity index is 1.40. The minimum atomic E-state index is -0.121. The molecule has 1 heterocycles. The van der Waals surface area contributed by atoms with Crippen LogP contribution in [0.5, 0.6) is 5.75 Å². The minimum Gasteiger partial charge on any atom is -0.491 e. The maximum atomic E-state index is 12.6. The van der Waals surface area contributed by atoms with Crippen molar-refractivity contribution in [3.8, 4) is 5.75 Å². The highest BCUT2D eigenvalue weighted by Gasteiger charge is 2.18. The molecule has 0 aliphatic carbocycles. The molecule has 0 fully saturated rings. The molecule has 29 heavy (non-hydrogen) atoms. The van der Waals surface area contributed by atoms with Gasteiger partial charge >= 0.3 is 0 Å². The van der Waals surface area contributed by atoms with Crippen LogP contribution in [0.25, 0.3) is 0 Å². The molecule has 4 nitrogen and oxygen atoms in total. The van der Waals surface area contributed by atoms with Gasteiger partial charge in [-0.05, 0) is 61.7 Å². The van der Waals surface area contributed by atoms with Crippen LogP contribution in [0.3, 0.4) is 0 Å². The summed E-state index contributed by atoms with van der Waals surface area (Å²) in [6.07, 6.45) is 1.19. The van der Waals surface area contributed by atoms with Gasteiger partial charge in [-0.15, -0.1) is 0 Å². The van der Waals surface area contributed by atoms with Crippen LogP contribution in [0.1, 0.15) is 35.3 Å². The minimum absolute atomic E-state index is 0.0936. The van der Waals surface area contributed by atoms with E-state index in [0.29, 0.717) is 5.56 Å². The van der Waals surface area contributed by atoms with Crippen molar-refractivity contribution in [2.24, 2.45) is 0 Å². The van der Waals surface area contributed by atoms with E-state index in [4.69, 9.17) is 4.74 Å². The quantitative estimate of drug-likeness (QED) is 0.626. The van der Waals surface area contributed by atoms with Crippen LogP contribution in [0.4, 0.5) is 11.4 Å². The molecule has 0 aromatic heterocycles. The van der Waals surface area contributed by atoms with Gasteiger partial charge in [-0.25, -0.2) is 0 Å². The van der Waals surface area contributed by atoms with Crippen molar-refractivity contribution in [3.63, 3.8) is 0 Å². The van der Waals surface area contributed by atoms with E-state index in [-0.39, 0.29) is 12.0 Å². The third kappa shape index (κ3) is 4.60.